The number of fused-ring (bicyclic) bond motifs is 1. The topological polar surface area (TPSA) is 84.7 Å². The van der Waals surface area contributed by atoms with Crippen molar-refractivity contribution in [2.75, 3.05) is 11.9 Å². The molecule has 2 aromatic heterocycles. The summed E-state index contributed by atoms with van der Waals surface area (Å²) in [4.78, 5) is 30.5. The molecule has 0 aliphatic rings. The van der Waals surface area contributed by atoms with Crippen LogP contribution < -0.4 is 16.6 Å². The summed E-state index contributed by atoms with van der Waals surface area (Å²) in [5.41, 5.74) is -0.0275. The molecular formula is C13H21N5O2. The quantitative estimate of drug-likeness (QED) is 0.876. The Morgan fingerprint density at radius 3 is 2.45 bits per heavy atom. The van der Waals surface area contributed by atoms with Gasteiger partial charge in [0, 0.05) is 19.6 Å². The van der Waals surface area contributed by atoms with Gasteiger partial charge in [0.05, 0.1) is 0 Å². The number of anilines is 1. The summed E-state index contributed by atoms with van der Waals surface area (Å²) in [6, 6.07) is 0.0632. The maximum atomic E-state index is 12.1. The first-order valence-corrected chi connectivity index (χ1v) is 6.78. The lowest BCUT2D eigenvalue weighted by Gasteiger charge is -2.14. The van der Waals surface area contributed by atoms with E-state index in [-0.39, 0.29) is 6.04 Å². The van der Waals surface area contributed by atoms with Crippen LogP contribution in [-0.2, 0) is 7.05 Å². The van der Waals surface area contributed by atoms with Crippen LogP contribution in [0.3, 0.4) is 0 Å². The number of hydrogen-bond donors (Lipinski definition) is 2. The smallest absolute Gasteiger partial charge is 0.329 e. The molecule has 0 aromatic carbocycles. The van der Waals surface area contributed by atoms with Crippen molar-refractivity contribution in [3.63, 3.8) is 0 Å². The zero-order valence-electron chi connectivity index (χ0n) is 12.5. The molecule has 2 heterocycles. The SMILES string of the molecule is CC(C)CNc1nc2c(c(=O)[nH]c(=O)n2C)n1C(C)C. The lowest BCUT2D eigenvalue weighted by atomic mass is 10.2. The van der Waals surface area contributed by atoms with Crippen LogP contribution in [0.15, 0.2) is 9.59 Å². The molecule has 0 amide bonds. The third-order valence-electron chi connectivity index (χ3n) is 3.14. The van der Waals surface area contributed by atoms with Gasteiger partial charge in [-0.05, 0) is 19.8 Å². The van der Waals surface area contributed by atoms with E-state index in [1.54, 1.807) is 7.05 Å². The van der Waals surface area contributed by atoms with Gasteiger partial charge in [-0.2, -0.15) is 4.98 Å². The molecule has 0 radical (unpaired) electrons. The van der Waals surface area contributed by atoms with Gasteiger partial charge in [-0.25, -0.2) is 4.79 Å². The molecule has 0 aliphatic heterocycles. The second-order valence-corrected chi connectivity index (χ2v) is 5.66. The van der Waals surface area contributed by atoms with Crippen LogP contribution >= 0.6 is 0 Å². The van der Waals surface area contributed by atoms with Crippen LogP contribution in [0.5, 0.6) is 0 Å². The number of aryl methyl sites for hydroxylation is 1. The van der Waals surface area contributed by atoms with E-state index in [9.17, 15) is 9.59 Å². The first-order valence-electron chi connectivity index (χ1n) is 6.78. The number of nitrogens with one attached hydrogen (secondary N) is 2. The van der Waals surface area contributed by atoms with Crippen molar-refractivity contribution in [1.29, 1.82) is 0 Å². The molecule has 0 atom stereocenters. The van der Waals surface area contributed by atoms with Crippen LogP contribution in [0.4, 0.5) is 5.95 Å². The Kier molecular flexibility index (Phi) is 3.69. The molecule has 0 aliphatic carbocycles. The highest BCUT2D eigenvalue weighted by Crippen LogP contribution is 2.20. The van der Waals surface area contributed by atoms with E-state index in [4.69, 9.17) is 0 Å². The van der Waals surface area contributed by atoms with Crippen molar-refractivity contribution in [3.05, 3.63) is 20.8 Å². The van der Waals surface area contributed by atoms with Gasteiger partial charge in [0.15, 0.2) is 11.2 Å². The second-order valence-electron chi connectivity index (χ2n) is 5.66. The van der Waals surface area contributed by atoms with E-state index in [1.165, 1.54) is 4.57 Å². The summed E-state index contributed by atoms with van der Waals surface area (Å²) in [5.74, 6) is 1.08. The first kappa shape index (κ1) is 14.4. The predicted molar refractivity (Wildman–Crippen MR) is 79.3 cm³/mol. The second kappa shape index (κ2) is 5.15. The summed E-state index contributed by atoms with van der Waals surface area (Å²) in [5, 5.41) is 3.24. The van der Waals surface area contributed by atoms with Crippen molar-refractivity contribution in [1.82, 2.24) is 19.1 Å². The Morgan fingerprint density at radius 1 is 1.25 bits per heavy atom. The molecule has 110 valence electrons. The van der Waals surface area contributed by atoms with E-state index in [1.807, 2.05) is 18.4 Å². The third kappa shape index (κ3) is 2.35. The fraction of sp³-hybridized carbons (Fsp3) is 0.615. The molecule has 7 heteroatoms. The number of H-pyrrole nitrogens is 1. The molecule has 20 heavy (non-hydrogen) atoms. The van der Waals surface area contributed by atoms with Crippen LogP contribution in [0.2, 0.25) is 0 Å². The number of hydrogen-bond acceptors (Lipinski definition) is 4. The van der Waals surface area contributed by atoms with Crippen LogP contribution in [0.25, 0.3) is 11.2 Å². The molecule has 0 spiro atoms. The highest BCUT2D eigenvalue weighted by Gasteiger charge is 2.18. The van der Waals surface area contributed by atoms with Crippen molar-refractivity contribution in [3.8, 4) is 0 Å². The molecule has 0 unspecified atom stereocenters. The Hall–Kier alpha value is -2.05. The summed E-state index contributed by atoms with van der Waals surface area (Å²) >= 11 is 0. The van der Waals surface area contributed by atoms with Gasteiger partial charge >= 0.3 is 5.69 Å². The van der Waals surface area contributed by atoms with E-state index < -0.39 is 11.2 Å². The molecule has 0 bridgehead atoms. The molecule has 2 rings (SSSR count). The van der Waals surface area contributed by atoms with Crippen molar-refractivity contribution >= 4 is 17.1 Å². The molecule has 2 aromatic rings. The standard InChI is InChI=1S/C13H21N5O2/c1-7(2)6-14-12-15-10-9(18(12)8(3)4)11(19)16-13(20)17(10)5/h7-8H,6H2,1-5H3,(H,14,15)(H,16,19,20). The Bertz CT molecular complexity index is 736. The minimum Gasteiger partial charge on any atom is -0.355 e. The van der Waals surface area contributed by atoms with Gasteiger partial charge in [0.1, 0.15) is 0 Å². The minimum atomic E-state index is -0.452. The number of imidazole rings is 1. The zero-order valence-corrected chi connectivity index (χ0v) is 12.5. The molecule has 0 saturated heterocycles. The Morgan fingerprint density at radius 2 is 1.90 bits per heavy atom. The van der Waals surface area contributed by atoms with Crippen LogP contribution in [-0.4, -0.2) is 25.6 Å². The normalized spacial score (nSPS) is 11.8. The Labute approximate surface area is 116 Å². The van der Waals surface area contributed by atoms with E-state index >= 15 is 0 Å². The highest BCUT2D eigenvalue weighted by atomic mass is 16.2. The zero-order chi connectivity index (χ0) is 15.0. The molecule has 2 N–H and O–H groups in total. The molecular weight excluding hydrogens is 258 g/mol. The number of nitrogens with zero attached hydrogens (tertiary/aromatic N) is 3. The third-order valence-corrected chi connectivity index (χ3v) is 3.14. The maximum absolute atomic E-state index is 12.1. The monoisotopic (exact) mass is 279 g/mol. The fourth-order valence-electron chi connectivity index (χ4n) is 2.12. The minimum absolute atomic E-state index is 0.0632. The predicted octanol–water partition coefficient (Wildman–Crippen LogP) is 1.07. The average Bonchev–Trinajstić information content (AvgIpc) is 2.73. The van der Waals surface area contributed by atoms with Crippen LogP contribution in [0, 0.1) is 5.92 Å². The average molecular weight is 279 g/mol. The lowest BCUT2D eigenvalue weighted by molar-refractivity contribution is 0.610. The summed E-state index contributed by atoms with van der Waals surface area (Å²) in [6.07, 6.45) is 0. The van der Waals surface area contributed by atoms with E-state index in [0.29, 0.717) is 23.0 Å². The van der Waals surface area contributed by atoms with Crippen molar-refractivity contribution in [2.45, 2.75) is 33.7 Å². The summed E-state index contributed by atoms with van der Waals surface area (Å²) in [6.45, 7) is 8.90. The summed E-state index contributed by atoms with van der Waals surface area (Å²) < 4.78 is 3.19. The summed E-state index contributed by atoms with van der Waals surface area (Å²) in [7, 11) is 1.60. The highest BCUT2D eigenvalue weighted by molar-refractivity contribution is 5.74. The van der Waals surface area contributed by atoms with Crippen LogP contribution in [0.1, 0.15) is 33.7 Å². The van der Waals surface area contributed by atoms with Gasteiger partial charge in [-0.1, -0.05) is 13.8 Å². The van der Waals surface area contributed by atoms with E-state index in [0.717, 1.165) is 6.54 Å². The van der Waals surface area contributed by atoms with Gasteiger partial charge < -0.3 is 9.88 Å². The maximum Gasteiger partial charge on any atom is 0.329 e. The number of rotatable bonds is 4. The molecule has 0 fully saturated rings. The number of aromatic amines is 1. The number of aromatic nitrogens is 4. The largest absolute Gasteiger partial charge is 0.355 e. The lowest BCUT2D eigenvalue weighted by Crippen LogP contribution is -2.29. The van der Waals surface area contributed by atoms with Crippen molar-refractivity contribution < 1.29 is 0 Å². The molecule has 7 nitrogen and oxygen atoms in total. The van der Waals surface area contributed by atoms with Crippen molar-refractivity contribution in [2.24, 2.45) is 13.0 Å². The van der Waals surface area contributed by atoms with E-state index in [2.05, 4.69) is 29.1 Å². The van der Waals surface area contributed by atoms with Gasteiger partial charge in [-0.15, -0.1) is 0 Å². The Balaban J connectivity index is 2.73. The van der Waals surface area contributed by atoms with Gasteiger partial charge in [0.2, 0.25) is 5.95 Å². The van der Waals surface area contributed by atoms with Gasteiger partial charge in [-0.3, -0.25) is 14.3 Å². The fourth-order valence-corrected chi connectivity index (χ4v) is 2.12. The van der Waals surface area contributed by atoms with Gasteiger partial charge in [0.25, 0.3) is 5.56 Å². The first-order chi connectivity index (χ1) is 9.32. The molecule has 0 saturated carbocycles.